The van der Waals surface area contributed by atoms with Crippen LogP contribution in [-0.4, -0.2) is 18.0 Å². The Hall–Kier alpha value is -1.84. The van der Waals surface area contributed by atoms with E-state index in [0.29, 0.717) is 12.3 Å². The van der Waals surface area contributed by atoms with Gasteiger partial charge in [-0.1, -0.05) is 44.2 Å². The van der Waals surface area contributed by atoms with E-state index in [1.807, 2.05) is 44.2 Å². The Bertz CT molecular complexity index is 468. The van der Waals surface area contributed by atoms with Crippen molar-refractivity contribution in [2.75, 3.05) is 0 Å². The van der Waals surface area contributed by atoms with Crippen LogP contribution in [0.4, 0.5) is 0 Å². The van der Waals surface area contributed by atoms with Crippen LogP contribution in [0.2, 0.25) is 0 Å². The van der Waals surface area contributed by atoms with Gasteiger partial charge in [-0.2, -0.15) is 0 Å². The zero-order chi connectivity index (χ0) is 16.5. The molecule has 0 bridgehead atoms. The molecule has 1 atom stereocenters. The van der Waals surface area contributed by atoms with E-state index in [1.54, 1.807) is 0 Å². The zero-order valence-electron chi connectivity index (χ0n) is 14.0. The van der Waals surface area contributed by atoms with Gasteiger partial charge in [0.2, 0.25) is 5.91 Å². The Morgan fingerprint density at radius 3 is 2.27 bits per heavy atom. The van der Waals surface area contributed by atoms with Gasteiger partial charge in [0.1, 0.15) is 0 Å². The molecule has 0 heterocycles. The first-order valence-electron chi connectivity index (χ1n) is 7.92. The number of carbonyl (C=O) groups excluding carboxylic acids is 2. The quantitative estimate of drug-likeness (QED) is 0.746. The fraction of sp³-hybridized carbons (Fsp3) is 0.556. The molecule has 1 N–H and O–H groups in total. The molecule has 22 heavy (non-hydrogen) atoms. The number of benzene rings is 1. The summed E-state index contributed by atoms with van der Waals surface area (Å²) < 4.78 is 5.19. The zero-order valence-corrected chi connectivity index (χ0v) is 14.0. The highest BCUT2D eigenvalue weighted by Crippen LogP contribution is 2.18. The lowest BCUT2D eigenvalue weighted by Gasteiger charge is -2.19. The maximum Gasteiger partial charge on any atom is 0.308 e. The molecule has 0 aliphatic rings. The topological polar surface area (TPSA) is 55.4 Å². The van der Waals surface area contributed by atoms with Crippen LogP contribution in [-0.2, 0) is 14.3 Å². The number of amides is 1. The summed E-state index contributed by atoms with van der Waals surface area (Å²) in [7, 11) is 0. The van der Waals surface area contributed by atoms with Gasteiger partial charge in [0.15, 0.2) is 0 Å². The third-order valence-electron chi connectivity index (χ3n) is 3.22. The molecule has 0 saturated heterocycles. The molecule has 4 heteroatoms. The van der Waals surface area contributed by atoms with Crippen molar-refractivity contribution in [2.24, 2.45) is 5.92 Å². The molecule has 0 fully saturated rings. The SMILES string of the molecule is CC(C)CCC(=O)NC(CC(=O)OC(C)C)c1ccccc1. The molecule has 0 spiro atoms. The molecule has 1 unspecified atom stereocenters. The van der Waals surface area contributed by atoms with Crippen LogP contribution in [0, 0.1) is 5.92 Å². The Morgan fingerprint density at radius 2 is 1.73 bits per heavy atom. The Balaban J connectivity index is 2.70. The minimum atomic E-state index is -0.341. The van der Waals surface area contributed by atoms with Gasteiger partial charge in [-0.3, -0.25) is 9.59 Å². The maximum absolute atomic E-state index is 12.1. The first-order valence-corrected chi connectivity index (χ1v) is 7.92. The lowest BCUT2D eigenvalue weighted by molar-refractivity contribution is -0.148. The molecule has 1 rings (SSSR count). The standard InChI is InChI=1S/C18H27NO3/c1-13(2)10-11-17(20)19-16(12-18(21)22-14(3)4)15-8-6-5-7-9-15/h5-9,13-14,16H,10-12H2,1-4H3,(H,19,20). The van der Waals surface area contributed by atoms with Crippen LogP contribution < -0.4 is 5.32 Å². The average molecular weight is 305 g/mol. The van der Waals surface area contributed by atoms with Gasteiger partial charge in [-0.15, -0.1) is 0 Å². The highest BCUT2D eigenvalue weighted by atomic mass is 16.5. The van der Waals surface area contributed by atoms with Gasteiger partial charge >= 0.3 is 5.97 Å². The van der Waals surface area contributed by atoms with Crippen molar-refractivity contribution in [2.45, 2.75) is 59.1 Å². The molecular weight excluding hydrogens is 278 g/mol. The summed E-state index contributed by atoms with van der Waals surface area (Å²) in [4.78, 5) is 24.0. The molecule has 1 amide bonds. The predicted octanol–water partition coefficient (Wildman–Crippen LogP) is 3.62. The first-order chi connectivity index (χ1) is 10.4. The number of hydrogen-bond acceptors (Lipinski definition) is 3. The number of esters is 1. The van der Waals surface area contributed by atoms with E-state index in [0.717, 1.165) is 12.0 Å². The smallest absolute Gasteiger partial charge is 0.308 e. The molecule has 0 aromatic heterocycles. The summed E-state index contributed by atoms with van der Waals surface area (Å²) in [5.41, 5.74) is 0.918. The van der Waals surface area contributed by atoms with E-state index in [2.05, 4.69) is 19.2 Å². The van der Waals surface area contributed by atoms with Crippen LogP contribution >= 0.6 is 0 Å². The average Bonchev–Trinajstić information content (AvgIpc) is 2.44. The summed E-state index contributed by atoms with van der Waals surface area (Å²) >= 11 is 0. The Labute approximate surface area is 133 Å². The van der Waals surface area contributed by atoms with E-state index < -0.39 is 0 Å². The van der Waals surface area contributed by atoms with Crippen LogP contribution in [0.3, 0.4) is 0 Å². The molecule has 4 nitrogen and oxygen atoms in total. The second kappa shape index (κ2) is 9.23. The number of rotatable bonds is 8. The number of hydrogen-bond donors (Lipinski definition) is 1. The first kappa shape index (κ1) is 18.2. The minimum Gasteiger partial charge on any atom is -0.463 e. The third-order valence-corrected chi connectivity index (χ3v) is 3.22. The Kier molecular flexibility index (Phi) is 7.64. The molecular formula is C18H27NO3. The van der Waals surface area contributed by atoms with Crippen molar-refractivity contribution in [3.63, 3.8) is 0 Å². The van der Waals surface area contributed by atoms with Crippen LogP contribution in [0.25, 0.3) is 0 Å². The number of ether oxygens (including phenoxy) is 1. The van der Waals surface area contributed by atoms with Crippen LogP contribution in [0.5, 0.6) is 0 Å². The largest absolute Gasteiger partial charge is 0.463 e. The molecule has 1 aromatic rings. The second-order valence-corrected chi connectivity index (χ2v) is 6.21. The van der Waals surface area contributed by atoms with Crippen molar-refractivity contribution in [3.8, 4) is 0 Å². The summed E-state index contributed by atoms with van der Waals surface area (Å²) in [6, 6.07) is 9.19. The highest BCUT2D eigenvalue weighted by molar-refractivity contribution is 5.78. The summed E-state index contributed by atoms with van der Waals surface area (Å²) in [5.74, 6) is 0.153. The van der Waals surface area contributed by atoms with Gasteiger partial charge in [-0.05, 0) is 31.7 Å². The van der Waals surface area contributed by atoms with E-state index in [4.69, 9.17) is 4.74 Å². The van der Waals surface area contributed by atoms with Crippen molar-refractivity contribution in [1.29, 1.82) is 0 Å². The molecule has 122 valence electrons. The van der Waals surface area contributed by atoms with Crippen molar-refractivity contribution in [1.82, 2.24) is 5.32 Å². The number of nitrogens with one attached hydrogen (secondary N) is 1. The van der Waals surface area contributed by atoms with Crippen LogP contribution in [0.1, 0.15) is 58.6 Å². The van der Waals surface area contributed by atoms with Crippen molar-refractivity contribution >= 4 is 11.9 Å². The maximum atomic E-state index is 12.1. The minimum absolute atomic E-state index is 0.0279. The normalized spacial score (nSPS) is 12.3. The van der Waals surface area contributed by atoms with Crippen molar-refractivity contribution in [3.05, 3.63) is 35.9 Å². The summed E-state index contributed by atoms with van der Waals surface area (Å²) in [5, 5.41) is 2.95. The monoisotopic (exact) mass is 305 g/mol. The van der Waals surface area contributed by atoms with Gasteiger partial charge in [0.05, 0.1) is 18.6 Å². The lowest BCUT2D eigenvalue weighted by atomic mass is 10.0. The number of carbonyl (C=O) groups is 2. The second-order valence-electron chi connectivity index (χ2n) is 6.21. The summed E-state index contributed by atoms with van der Waals surface area (Å²) in [6.07, 6.45) is 1.31. The van der Waals surface area contributed by atoms with Crippen molar-refractivity contribution < 1.29 is 14.3 Å². The van der Waals surface area contributed by atoms with Gasteiger partial charge in [-0.25, -0.2) is 0 Å². The third kappa shape index (κ3) is 7.25. The highest BCUT2D eigenvalue weighted by Gasteiger charge is 2.19. The van der Waals surface area contributed by atoms with Crippen LogP contribution in [0.15, 0.2) is 30.3 Å². The predicted molar refractivity (Wildman–Crippen MR) is 87.2 cm³/mol. The fourth-order valence-electron chi connectivity index (χ4n) is 2.10. The molecule has 1 aromatic carbocycles. The Morgan fingerprint density at radius 1 is 1.09 bits per heavy atom. The lowest BCUT2D eigenvalue weighted by Crippen LogP contribution is -2.31. The molecule has 0 saturated carbocycles. The molecule has 0 radical (unpaired) electrons. The van der Waals surface area contributed by atoms with E-state index in [1.165, 1.54) is 0 Å². The molecule has 0 aliphatic heterocycles. The molecule has 0 aliphatic carbocycles. The summed E-state index contributed by atoms with van der Waals surface area (Å²) in [6.45, 7) is 7.80. The van der Waals surface area contributed by atoms with Gasteiger partial charge < -0.3 is 10.1 Å². The fourth-order valence-corrected chi connectivity index (χ4v) is 2.10. The van der Waals surface area contributed by atoms with E-state index in [-0.39, 0.29) is 30.4 Å². The van der Waals surface area contributed by atoms with E-state index in [9.17, 15) is 9.59 Å². The van der Waals surface area contributed by atoms with Gasteiger partial charge in [0, 0.05) is 6.42 Å². The van der Waals surface area contributed by atoms with E-state index >= 15 is 0 Å². The van der Waals surface area contributed by atoms with Gasteiger partial charge in [0.25, 0.3) is 0 Å².